The molecule has 0 aromatic heterocycles. The van der Waals surface area contributed by atoms with E-state index in [2.05, 4.69) is 27.7 Å². The monoisotopic (exact) mass is 300 g/mol. The molecule has 0 heterocycles. The number of hydrogen-bond donors (Lipinski definition) is 0. The van der Waals surface area contributed by atoms with Gasteiger partial charge in [-0.05, 0) is 25.7 Å². The maximum atomic E-state index is 6.12. The van der Waals surface area contributed by atoms with Gasteiger partial charge in [0.2, 0.25) is 0 Å². The van der Waals surface area contributed by atoms with E-state index in [-0.39, 0.29) is 11.2 Å². The van der Waals surface area contributed by atoms with Crippen molar-refractivity contribution < 1.29 is 9.47 Å². The summed E-state index contributed by atoms with van der Waals surface area (Å²) in [5.74, 6) is 0. The van der Waals surface area contributed by atoms with E-state index in [9.17, 15) is 0 Å². The van der Waals surface area contributed by atoms with E-state index >= 15 is 0 Å². The molecule has 0 rings (SSSR count). The van der Waals surface area contributed by atoms with E-state index in [0.29, 0.717) is 0 Å². The van der Waals surface area contributed by atoms with Crippen LogP contribution < -0.4 is 0 Å². The van der Waals surface area contributed by atoms with Crippen LogP contribution >= 0.6 is 0 Å². The van der Waals surface area contributed by atoms with Gasteiger partial charge in [0.05, 0.1) is 11.2 Å². The van der Waals surface area contributed by atoms with E-state index in [1.807, 2.05) is 14.2 Å². The van der Waals surface area contributed by atoms with Crippen molar-refractivity contribution in [1.82, 2.24) is 0 Å². The Morgan fingerprint density at radius 3 is 1.52 bits per heavy atom. The van der Waals surface area contributed by atoms with Gasteiger partial charge in [-0.1, -0.05) is 72.6 Å². The lowest BCUT2D eigenvalue weighted by Gasteiger charge is -2.48. The first kappa shape index (κ1) is 20.9. The molecule has 0 bridgehead atoms. The van der Waals surface area contributed by atoms with Crippen LogP contribution in [0.3, 0.4) is 0 Å². The Hall–Kier alpha value is -0.0800. The fourth-order valence-corrected chi connectivity index (χ4v) is 3.93. The minimum Gasteiger partial charge on any atom is -0.375 e. The molecular weight excluding hydrogens is 260 g/mol. The molecular formula is C19H40O2. The molecule has 2 nitrogen and oxygen atoms in total. The molecule has 1 unspecified atom stereocenters. The van der Waals surface area contributed by atoms with E-state index < -0.39 is 0 Å². The molecule has 0 radical (unpaired) electrons. The molecule has 0 saturated carbocycles. The maximum absolute atomic E-state index is 6.12. The van der Waals surface area contributed by atoms with Crippen molar-refractivity contribution in [1.29, 1.82) is 0 Å². The number of rotatable bonds is 14. The van der Waals surface area contributed by atoms with Crippen molar-refractivity contribution in [3.63, 3.8) is 0 Å². The minimum atomic E-state index is -0.138. The zero-order valence-electron chi connectivity index (χ0n) is 15.6. The van der Waals surface area contributed by atoms with Crippen molar-refractivity contribution in [2.75, 3.05) is 14.2 Å². The van der Waals surface area contributed by atoms with Gasteiger partial charge in [0.25, 0.3) is 0 Å². The smallest absolute Gasteiger partial charge is 0.0966 e. The molecule has 0 fully saturated rings. The lowest BCUT2D eigenvalue weighted by Crippen LogP contribution is -2.56. The predicted molar refractivity (Wildman–Crippen MR) is 93.0 cm³/mol. The third kappa shape index (κ3) is 5.56. The summed E-state index contributed by atoms with van der Waals surface area (Å²) < 4.78 is 12.1. The van der Waals surface area contributed by atoms with Crippen LogP contribution in [0, 0.1) is 0 Å². The Labute approximate surface area is 134 Å². The van der Waals surface area contributed by atoms with Gasteiger partial charge in [0, 0.05) is 14.2 Å². The predicted octanol–water partition coefficient (Wildman–Crippen LogP) is 6.13. The third-order valence-corrected chi connectivity index (χ3v) is 5.34. The first-order valence-corrected chi connectivity index (χ1v) is 9.22. The van der Waals surface area contributed by atoms with E-state index in [1.165, 1.54) is 38.5 Å². The molecule has 0 aliphatic carbocycles. The molecule has 0 aromatic rings. The average Bonchev–Trinajstić information content (AvgIpc) is 2.52. The van der Waals surface area contributed by atoms with Gasteiger partial charge in [-0.2, -0.15) is 0 Å². The number of unbranched alkanes of at least 4 members (excludes halogenated alkanes) is 5. The van der Waals surface area contributed by atoms with Gasteiger partial charge >= 0.3 is 0 Å². The molecule has 2 heteroatoms. The Kier molecular flexibility index (Phi) is 11.4. The van der Waals surface area contributed by atoms with Crippen LogP contribution in [0.2, 0.25) is 0 Å². The number of hydrogen-bond acceptors (Lipinski definition) is 2. The molecule has 0 saturated heterocycles. The SMILES string of the molecule is CCCCCCCCC(CCC)(OC)C(CC)(CC)OC. The Bertz CT molecular complexity index is 227. The standard InChI is InChI=1S/C19H40O2/c1-7-11-12-13-14-15-17-19(21-6,16-8-2)18(9-3,10-4)20-5/h7-17H2,1-6H3. The first-order chi connectivity index (χ1) is 10.1. The van der Waals surface area contributed by atoms with Crippen LogP contribution in [0.4, 0.5) is 0 Å². The summed E-state index contributed by atoms with van der Waals surface area (Å²) in [6.45, 7) is 8.99. The second-order valence-electron chi connectivity index (χ2n) is 6.37. The molecule has 1 atom stereocenters. The highest BCUT2D eigenvalue weighted by Crippen LogP contribution is 2.42. The van der Waals surface area contributed by atoms with Gasteiger partial charge in [-0.25, -0.2) is 0 Å². The van der Waals surface area contributed by atoms with E-state index in [1.54, 1.807) is 0 Å². The highest BCUT2D eigenvalue weighted by molar-refractivity contribution is 5.00. The molecule has 0 aliphatic rings. The van der Waals surface area contributed by atoms with Crippen LogP contribution in [-0.2, 0) is 9.47 Å². The molecule has 0 amide bonds. The first-order valence-electron chi connectivity index (χ1n) is 9.22. The van der Waals surface area contributed by atoms with E-state index in [0.717, 1.165) is 32.1 Å². The van der Waals surface area contributed by atoms with Gasteiger partial charge in [0.15, 0.2) is 0 Å². The van der Waals surface area contributed by atoms with Crippen molar-refractivity contribution in [2.24, 2.45) is 0 Å². The fourth-order valence-electron chi connectivity index (χ4n) is 3.93. The lowest BCUT2D eigenvalue weighted by atomic mass is 9.72. The summed E-state index contributed by atoms with van der Waals surface area (Å²) in [6.07, 6.45) is 13.4. The van der Waals surface area contributed by atoms with Crippen molar-refractivity contribution in [2.45, 2.75) is 110 Å². The van der Waals surface area contributed by atoms with Crippen LogP contribution in [0.15, 0.2) is 0 Å². The highest BCUT2D eigenvalue weighted by atomic mass is 16.5. The van der Waals surface area contributed by atoms with Gasteiger partial charge in [-0.3, -0.25) is 0 Å². The summed E-state index contributed by atoms with van der Waals surface area (Å²) in [5, 5.41) is 0. The molecule has 0 aliphatic heterocycles. The molecule has 128 valence electrons. The van der Waals surface area contributed by atoms with Gasteiger partial charge in [0.1, 0.15) is 0 Å². The molecule has 0 spiro atoms. The van der Waals surface area contributed by atoms with Crippen molar-refractivity contribution in [3.8, 4) is 0 Å². The van der Waals surface area contributed by atoms with Crippen LogP contribution in [0.5, 0.6) is 0 Å². The van der Waals surface area contributed by atoms with Crippen LogP contribution in [0.25, 0.3) is 0 Å². The lowest BCUT2D eigenvalue weighted by molar-refractivity contribution is -0.197. The largest absolute Gasteiger partial charge is 0.375 e. The second-order valence-corrected chi connectivity index (χ2v) is 6.37. The summed E-state index contributed by atoms with van der Waals surface area (Å²) in [4.78, 5) is 0. The van der Waals surface area contributed by atoms with Gasteiger partial charge < -0.3 is 9.47 Å². The molecule has 21 heavy (non-hydrogen) atoms. The minimum absolute atomic E-state index is 0.120. The second kappa shape index (κ2) is 11.5. The summed E-state index contributed by atoms with van der Waals surface area (Å²) in [5.41, 5.74) is -0.258. The average molecular weight is 301 g/mol. The molecule has 0 aromatic carbocycles. The van der Waals surface area contributed by atoms with Crippen LogP contribution in [-0.4, -0.2) is 25.4 Å². The summed E-state index contributed by atoms with van der Waals surface area (Å²) in [7, 11) is 3.74. The topological polar surface area (TPSA) is 18.5 Å². The third-order valence-electron chi connectivity index (χ3n) is 5.34. The number of ether oxygens (including phenoxy) is 2. The fraction of sp³-hybridized carbons (Fsp3) is 1.00. The number of methoxy groups -OCH3 is 2. The molecule has 0 N–H and O–H groups in total. The van der Waals surface area contributed by atoms with Gasteiger partial charge in [-0.15, -0.1) is 0 Å². The van der Waals surface area contributed by atoms with Crippen molar-refractivity contribution >= 4 is 0 Å². The maximum Gasteiger partial charge on any atom is 0.0966 e. The highest BCUT2D eigenvalue weighted by Gasteiger charge is 2.48. The Morgan fingerprint density at radius 1 is 0.571 bits per heavy atom. The van der Waals surface area contributed by atoms with E-state index in [4.69, 9.17) is 9.47 Å². The summed E-state index contributed by atoms with van der Waals surface area (Å²) >= 11 is 0. The van der Waals surface area contributed by atoms with Crippen LogP contribution in [0.1, 0.15) is 98.3 Å². The zero-order valence-corrected chi connectivity index (χ0v) is 15.6. The zero-order chi connectivity index (χ0) is 16.2. The Balaban J connectivity index is 4.74. The summed E-state index contributed by atoms with van der Waals surface area (Å²) in [6, 6.07) is 0. The Morgan fingerprint density at radius 2 is 1.10 bits per heavy atom. The normalized spacial score (nSPS) is 15.1. The van der Waals surface area contributed by atoms with Crippen molar-refractivity contribution in [3.05, 3.63) is 0 Å². The quantitative estimate of drug-likeness (QED) is 0.359.